The second-order valence-corrected chi connectivity index (χ2v) is 9.64. The SMILES string of the molecule is O=C(O)C1=CC=C=C=C1c1ccc(CN2CCOc3cc(C(=O)NC4COc5ccccc5C4)ccc32)cc1. The van der Waals surface area contributed by atoms with E-state index >= 15 is 0 Å². The fourth-order valence-electron chi connectivity index (χ4n) is 5.06. The van der Waals surface area contributed by atoms with Crippen molar-refractivity contribution in [1.82, 2.24) is 5.32 Å². The van der Waals surface area contributed by atoms with Crippen molar-refractivity contribution in [3.05, 3.63) is 118 Å². The molecule has 2 N–H and O–H groups in total. The number of carboxylic acid groups (broad SMARTS) is 1. The molecule has 2 heterocycles. The number of carboxylic acids is 1. The summed E-state index contributed by atoms with van der Waals surface area (Å²) in [7, 11) is 0. The van der Waals surface area contributed by atoms with Gasteiger partial charge in [-0.3, -0.25) is 4.79 Å². The third kappa shape index (κ3) is 5.10. The number of ether oxygens (including phenoxy) is 2. The molecule has 0 radical (unpaired) electrons. The lowest BCUT2D eigenvalue weighted by atomic mass is 9.96. The molecule has 0 spiro atoms. The molecule has 7 heteroatoms. The molecule has 7 nitrogen and oxygen atoms in total. The largest absolute Gasteiger partial charge is 0.491 e. The summed E-state index contributed by atoms with van der Waals surface area (Å²) in [6, 6.07) is 21.1. The molecule has 3 aliphatic rings. The summed E-state index contributed by atoms with van der Waals surface area (Å²) < 4.78 is 11.7. The van der Waals surface area contributed by atoms with Crippen LogP contribution in [-0.4, -0.2) is 42.8 Å². The van der Waals surface area contributed by atoms with Gasteiger partial charge < -0.3 is 24.8 Å². The van der Waals surface area contributed by atoms with Crippen LogP contribution >= 0.6 is 0 Å². The van der Waals surface area contributed by atoms with E-state index in [1.165, 1.54) is 6.08 Å². The lowest BCUT2D eigenvalue weighted by Crippen LogP contribution is -2.42. The van der Waals surface area contributed by atoms with Gasteiger partial charge in [0.25, 0.3) is 5.91 Å². The summed E-state index contributed by atoms with van der Waals surface area (Å²) in [5, 5.41) is 12.6. The standard InChI is InChI=1S/C32H26N2O5/c35-31(33-25-17-23-5-1-4-8-29(23)39-20-25)24-13-14-28-30(18-24)38-16-15-34(28)19-21-9-11-22(12-10-21)26-6-2-3-7-27(26)32(36)37/h1,3-5,7-14,18,25H,15-17,19-20H2,(H,33,35)(H,36,37). The van der Waals surface area contributed by atoms with Crippen molar-refractivity contribution in [2.45, 2.75) is 19.0 Å². The number of rotatable bonds is 6. The monoisotopic (exact) mass is 518 g/mol. The smallest absolute Gasteiger partial charge is 0.337 e. The summed E-state index contributed by atoms with van der Waals surface area (Å²) in [6.45, 7) is 2.32. The molecule has 39 heavy (non-hydrogen) atoms. The van der Waals surface area contributed by atoms with Crippen LogP contribution < -0.4 is 19.7 Å². The molecule has 194 valence electrons. The number of fused-ring (bicyclic) bond motifs is 2. The lowest BCUT2D eigenvalue weighted by Gasteiger charge is -2.32. The molecule has 6 rings (SSSR count). The maximum atomic E-state index is 13.0. The topological polar surface area (TPSA) is 88.1 Å². The zero-order valence-corrected chi connectivity index (χ0v) is 21.1. The first kappa shape index (κ1) is 24.4. The van der Waals surface area contributed by atoms with E-state index in [9.17, 15) is 14.7 Å². The van der Waals surface area contributed by atoms with Crippen LogP contribution in [0.3, 0.4) is 0 Å². The number of anilines is 1. The minimum atomic E-state index is -0.991. The van der Waals surface area contributed by atoms with E-state index in [1.54, 1.807) is 12.1 Å². The van der Waals surface area contributed by atoms with Crippen molar-refractivity contribution in [2.24, 2.45) is 0 Å². The maximum absolute atomic E-state index is 13.0. The zero-order chi connectivity index (χ0) is 26.8. The van der Waals surface area contributed by atoms with E-state index in [-0.39, 0.29) is 17.5 Å². The molecule has 0 bridgehead atoms. The Morgan fingerprint density at radius 2 is 1.87 bits per heavy atom. The van der Waals surface area contributed by atoms with Gasteiger partial charge in [0.05, 0.1) is 23.8 Å². The fraction of sp³-hybridized carbons (Fsp3) is 0.188. The summed E-state index contributed by atoms with van der Waals surface area (Å²) in [6.07, 6.45) is 3.81. The van der Waals surface area contributed by atoms with Crippen LogP contribution in [0.4, 0.5) is 5.69 Å². The summed E-state index contributed by atoms with van der Waals surface area (Å²) >= 11 is 0. The van der Waals surface area contributed by atoms with Crippen LogP contribution in [0.1, 0.15) is 27.0 Å². The van der Waals surface area contributed by atoms with Crippen molar-refractivity contribution in [2.75, 3.05) is 24.7 Å². The molecule has 0 saturated heterocycles. The maximum Gasteiger partial charge on any atom is 0.337 e. The Kier molecular flexibility index (Phi) is 6.52. The summed E-state index contributed by atoms with van der Waals surface area (Å²) in [5.74, 6) is 0.408. The predicted octanol–water partition coefficient (Wildman–Crippen LogP) is 4.54. The molecule has 2 aliphatic heterocycles. The van der Waals surface area contributed by atoms with Gasteiger partial charge in [-0.05, 0) is 59.5 Å². The van der Waals surface area contributed by atoms with Crippen molar-refractivity contribution >= 4 is 23.1 Å². The number of amides is 1. The van der Waals surface area contributed by atoms with E-state index in [0.717, 1.165) is 34.5 Å². The molecular weight excluding hydrogens is 492 g/mol. The van der Waals surface area contributed by atoms with Crippen molar-refractivity contribution < 1.29 is 24.2 Å². The van der Waals surface area contributed by atoms with Crippen LogP contribution in [-0.2, 0) is 17.8 Å². The fourth-order valence-corrected chi connectivity index (χ4v) is 5.06. The normalized spacial score (nSPS) is 17.1. The molecule has 1 atom stereocenters. The van der Waals surface area contributed by atoms with Gasteiger partial charge in [-0.2, -0.15) is 0 Å². The second kappa shape index (κ2) is 10.4. The summed E-state index contributed by atoms with van der Waals surface area (Å²) in [4.78, 5) is 26.8. The van der Waals surface area contributed by atoms with Crippen LogP contribution in [0.2, 0.25) is 0 Å². The Hall–Kier alpha value is -4.96. The summed E-state index contributed by atoms with van der Waals surface area (Å²) in [5.41, 5.74) is 10.9. The third-order valence-electron chi connectivity index (χ3n) is 7.04. The number of benzene rings is 3. The molecule has 1 aliphatic carbocycles. The molecule has 0 aromatic heterocycles. The first-order chi connectivity index (χ1) is 19.0. The number of para-hydroxylation sites is 1. The van der Waals surface area contributed by atoms with Crippen LogP contribution in [0.25, 0.3) is 5.57 Å². The number of hydrogen-bond acceptors (Lipinski definition) is 5. The number of carbonyl (C=O) groups is 2. The average Bonchev–Trinajstić information content (AvgIpc) is 2.97. The Balaban J connectivity index is 1.13. The Bertz CT molecular complexity index is 1590. The molecule has 1 unspecified atom stereocenters. The number of nitrogens with zero attached hydrogens (tertiary/aromatic N) is 1. The van der Waals surface area contributed by atoms with Gasteiger partial charge in [-0.1, -0.05) is 53.9 Å². The molecule has 0 fully saturated rings. The van der Waals surface area contributed by atoms with Gasteiger partial charge in [-0.25, -0.2) is 4.79 Å². The second-order valence-electron chi connectivity index (χ2n) is 9.64. The molecular formula is C32H26N2O5. The third-order valence-corrected chi connectivity index (χ3v) is 7.04. The highest BCUT2D eigenvalue weighted by Crippen LogP contribution is 2.34. The molecule has 0 saturated carbocycles. The number of hydrogen-bond donors (Lipinski definition) is 2. The van der Waals surface area contributed by atoms with Crippen LogP contribution in [0, 0.1) is 0 Å². The van der Waals surface area contributed by atoms with Crippen LogP contribution in [0.15, 0.2) is 95.9 Å². The lowest BCUT2D eigenvalue weighted by molar-refractivity contribution is -0.132. The Morgan fingerprint density at radius 3 is 2.72 bits per heavy atom. The Morgan fingerprint density at radius 1 is 1.03 bits per heavy atom. The van der Waals surface area contributed by atoms with E-state index in [2.05, 4.69) is 21.7 Å². The Labute approximate surface area is 226 Å². The van der Waals surface area contributed by atoms with E-state index in [0.29, 0.717) is 43.2 Å². The van der Waals surface area contributed by atoms with Gasteiger partial charge in [0.1, 0.15) is 24.7 Å². The van der Waals surface area contributed by atoms with Gasteiger partial charge in [-0.15, -0.1) is 0 Å². The number of allylic oxidation sites excluding steroid dienone is 2. The van der Waals surface area contributed by atoms with Crippen molar-refractivity contribution in [3.8, 4) is 11.5 Å². The van der Waals surface area contributed by atoms with Crippen molar-refractivity contribution in [3.63, 3.8) is 0 Å². The minimum absolute atomic E-state index is 0.0956. The number of carbonyl (C=O) groups excluding carboxylic acids is 1. The molecule has 3 aromatic rings. The van der Waals surface area contributed by atoms with E-state index in [4.69, 9.17) is 9.47 Å². The number of aliphatic carboxylic acids is 1. The number of nitrogens with one attached hydrogen (secondary N) is 1. The highest BCUT2D eigenvalue weighted by molar-refractivity contribution is 6.05. The van der Waals surface area contributed by atoms with E-state index in [1.807, 2.05) is 60.7 Å². The first-order valence-corrected chi connectivity index (χ1v) is 12.8. The molecule has 1 amide bonds. The van der Waals surface area contributed by atoms with E-state index < -0.39 is 5.97 Å². The van der Waals surface area contributed by atoms with Gasteiger partial charge in [0.2, 0.25) is 0 Å². The average molecular weight is 519 g/mol. The quantitative estimate of drug-likeness (QED) is 0.466. The predicted molar refractivity (Wildman–Crippen MR) is 147 cm³/mol. The minimum Gasteiger partial charge on any atom is -0.491 e. The zero-order valence-electron chi connectivity index (χ0n) is 21.1. The van der Waals surface area contributed by atoms with Crippen molar-refractivity contribution in [1.29, 1.82) is 0 Å². The van der Waals surface area contributed by atoms with Crippen LogP contribution in [0.5, 0.6) is 11.5 Å². The van der Waals surface area contributed by atoms with Gasteiger partial charge in [0.15, 0.2) is 0 Å². The first-order valence-electron chi connectivity index (χ1n) is 12.8. The highest BCUT2D eigenvalue weighted by atomic mass is 16.5. The highest BCUT2D eigenvalue weighted by Gasteiger charge is 2.24. The van der Waals surface area contributed by atoms with Gasteiger partial charge in [0, 0.05) is 17.7 Å². The van der Waals surface area contributed by atoms with Gasteiger partial charge >= 0.3 is 5.97 Å². The molecule has 3 aromatic carbocycles.